The van der Waals surface area contributed by atoms with Crippen molar-refractivity contribution in [1.29, 1.82) is 0 Å². The average Bonchev–Trinajstić information content (AvgIpc) is 3.00. The van der Waals surface area contributed by atoms with Crippen molar-refractivity contribution in [2.75, 3.05) is 6.54 Å². The lowest BCUT2D eigenvalue weighted by atomic mass is 10.1. The highest BCUT2D eigenvalue weighted by Gasteiger charge is 2.31. The molecular weight excluding hydrogens is 360 g/mol. The third-order valence-electron chi connectivity index (χ3n) is 4.61. The predicted molar refractivity (Wildman–Crippen MR) is 115 cm³/mol. The van der Waals surface area contributed by atoms with Gasteiger partial charge in [-0.3, -0.25) is 9.69 Å². The minimum atomic E-state index is -0.0447. The fraction of sp³-hybridized carbons (Fsp3) is 0.238. The lowest BCUT2D eigenvalue weighted by Gasteiger charge is -2.15. The number of hydrogen-bond acceptors (Lipinski definition) is 3. The van der Waals surface area contributed by atoms with Crippen molar-refractivity contribution in [3.63, 3.8) is 0 Å². The predicted octanol–water partition coefficient (Wildman–Crippen LogP) is 5.10. The first-order chi connectivity index (χ1) is 12.3. The molecule has 1 aliphatic heterocycles. The Balaban J connectivity index is 2.06. The molecule has 1 fully saturated rings. The number of carbonyl (C=O) groups is 1. The largest absolute Gasteiger partial charge is 0.317 e. The summed E-state index contributed by atoms with van der Waals surface area (Å²) in [5.74, 6) is -0.0447. The number of carbonyl (C=O) groups excluding carboxylic acids is 1. The van der Waals surface area contributed by atoms with Crippen LogP contribution in [0.25, 0.3) is 11.8 Å². The number of thiocarbonyl (C=S) groups is 1. The maximum atomic E-state index is 12.6. The van der Waals surface area contributed by atoms with Gasteiger partial charge in [-0.15, -0.1) is 6.58 Å². The number of benzene rings is 1. The Morgan fingerprint density at radius 2 is 1.85 bits per heavy atom. The van der Waals surface area contributed by atoms with Crippen LogP contribution in [0.2, 0.25) is 0 Å². The van der Waals surface area contributed by atoms with Gasteiger partial charge in [-0.1, -0.05) is 48.3 Å². The van der Waals surface area contributed by atoms with Crippen LogP contribution in [0.3, 0.4) is 0 Å². The monoisotopic (exact) mass is 382 g/mol. The Bertz CT molecular complexity index is 933. The molecular formula is C21H22N2OS2. The fourth-order valence-electron chi connectivity index (χ4n) is 3.36. The first-order valence-electron chi connectivity index (χ1n) is 8.47. The van der Waals surface area contributed by atoms with Gasteiger partial charge < -0.3 is 4.57 Å². The second kappa shape index (κ2) is 7.25. The normalized spacial score (nSPS) is 16.0. The Morgan fingerprint density at radius 1 is 1.19 bits per heavy atom. The molecule has 3 rings (SSSR count). The fourth-order valence-corrected chi connectivity index (χ4v) is 4.63. The van der Waals surface area contributed by atoms with Crippen molar-refractivity contribution >= 4 is 40.3 Å². The van der Waals surface area contributed by atoms with Gasteiger partial charge in [-0.05, 0) is 56.5 Å². The van der Waals surface area contributed by atoms with E-state index in [4.69, 9.17) is 12.2 Å². The summed E-state index contributed by atoms with van der Waals surface area (Å²) in [6.07, 6.45) is 3.65. The zero-order valence-corrected chi connectivity index (χ0v) is 17.1. The van der Waals surface area contributed by atoms with E-state index in [9.17, 15) is 4.79 Å². The highest BCUT2D eigenvalue weighted by molar-refractivity contribution is 8.26. The molecule has 5 heteroatoms. The number of thioether (sulfide) groups is 1. The highest BCUT2D eigenvalue weighted by atomic mass is 32.2. The number of aromatic nitrogens is 1. The molecule has 1 aromatic carbocycles. The van der Waals surface area contributed by atoms with Crippen LogP contribution >= 0.6 is 24.0 Å². The number of rotatable bonds is 4. The second-order valence-electron chi connectivity index (χ2n) is 6.48. The number of para-hydroxylation sites is 1. The summed E-state index contributed by atoms with van der Waals surface area (Å²) in [6.45, 7) is 12.6. The second-order valence-corrected chi connectivity index (χ2v) is 8.16. The third-order valence-corrected chi connectivity index (χ3v) is 5.98. The van der Waals surface area contributed by atoms with Gasteiger partial charge in [-0.25, -0.2) is 0 Å². The van der Waals surface area contributed by atoms with Crippen molar-refractivity contribution in [3.05, 3.63) is 69.9 Å². The van der Waals surface area contributed by atoms with Gasteiger partial charge in [0.1, 0.15) is 4.32 Å². The van der Waals surface area contributed by atoms with Crippen LogP contribution in [0.1, 0.15) is 28.1 Å². The van der Waals surface area contributed by atoms with Crippen LogP contribution in [0.4, 0.5) is 0 Å². The van der Waals surface area contributed by atoms with E-state index in [0.717, 1.165) is 17.0 Å². The maximum Gasteiger partial charge on any atom is 0.266 e. The van der Waals surface area contributed by atoms with E-state index in [1.807, 2.05) is 6.08 Å². The van der Waals surface area contributed by atoms with Crippen molar-refractivity contribution in [1.82, 2.24) is 9.47 Å². The van der Waals surface area contributed by atoms with E-state index in [-0.39, 0.29) is 5.91 Å². The van der Waals surface area contributed by atoms with Crippen molar-refractivity contribution in [2.45, 2.75) is 27.7 Å². The van der Waals surface area contributed by atoms with E-state index >= 15 is 0 Å². The van der Waals surface area contributed by atoms with Gasteiger partial charge in [0.2, 0.25) is 0 Å². The Kier molecular flexibility index (Phi) is 5.21. The molecule has 0 aliphatic carbocycles. The van der Waals surface area contributed by atoms with Gasteiger partial charge in [0, 0.05) is 17.9 Å². The van der Waals surface area contributed by atoms with Crippen LogP contribution in [0.15, 0.2) is 41.8 Å². The molecule has 1 amide bonds. The summed E-state index contributed by atoms with van der Waals surface area (Å²) >= 11 is 6.68. The SMILES string of the molecule is C=CCN1C(=O)/C(=C/c2cc(C)n(-c3c(C)cccc3C)c2C)SC1=S. The molecule has 0 radical (unpaired) electrons. The Hall–Kier alpha value is -2.11. The van der Waals surface area contributed by atoms with Crippen molar-refractivity contribution in [2.24, 2.45) is 0 Å². The molecule has 2 aromatic rings. The summed E-state index contributed by atoms with van der Waals surface area (Å²) in [4.78, 5) is 14.8. The number of nitrogens with zero attached hydrogens (tertiary/aromatic N) is 2. The Labute approximate surface area is 164 Å². The molecule has 0 N–H and O–H groups in total. The van der Waals surface area contributed by atoms with Crippen LogP contribution in [0, 0.1) is 27.7 Å². The summed E-state index contributed by atoms with van der Waals surface area (Å²) in [6, 6.07) is 8.46. The summed E-state index contributed by atoms with van der Waals surface area (Å²) in [5.41, 5.74) is 6.98. The average molecular weight is 383 g/mol. The zero-order valence-electron chi connectivity index (χ0n) is 15.5. The third kappa shape index (κ3) is 3.17. The number of amides is 1. The van der Waals surface area contributed by atoms with Crippen molar-refractivity contribution in [3.8, 4) is 5.69 Å². The van der Waals surface area contributed by atoms with Gasteiger partial charge in [0.15, 0.2) is 0 Å². The summed E-state index contributed by atoms with van der Waals surface area (Å²) in [5, 5.41) is 0. The van der Waals surface area contributed by atoms with Gasteiger partial charge in [-0.2, -0.15) is 0 Å². The molecule has 134 valence electrons. The van der Waals surface area contributed by atoms with E-state index < -0.39 is 0 Å². The minimum Gasteiger partial charge on any atom is -0.317 e. The first kappa shape index (κ1) is 18.7. The highest BCUT2D eigenvalue weighted by Crippen LogP contribution is 2.34. The van der Waals surface area contributed by atoms with Crippen LogP contribution in [0.5, 0.6) is 0 Å². The summed E-state index contributed by atoms with van der Waals surface area (Å²) < 4.78 is 2.85. The van der Waals surface area contributed by atoms with Gasteiger partial charge in [0.05, 0.1) is 10.6 Å². The van der Waals surface area contributed by atoms with Gasteiger partial charge >= 0.3 is 0 Å². The molecule has 0 saturated carbocycles. The molecule has 1 aliphatic rings. The lowest BCUT2D eigenvalue weighted by Crippen LogP contribution is -2.27. The standard InChI is InChI=1S/C21H22N2OS2/c1-6-10-22-20(24)18(26-21(22)25)12-17-11-15(4)23(16(17)5)19-13(2)8-7-9-14(19)3/h6-9,11-12H,1,10H2,2-5H3/b18-12-. The first-order valence-corrected chi connectivity index (χ1v) is 9.69. The molecule has 2 heterocycles. The Morgan fingerprint density at radius 3 is 2.46 bits per heavy atom. The van der Waals surface area contributed by atoms with Crippen LogP contribution in [-0.2, 0) is 4.79 Å². The van der Waals surface area contributed by atoms with Crippen LogP contribution < -0.4 is 0 Å². The van der Waals surface area contributed by atoms with Crippen molar-refractivity contribution < 1.29 is 4.79 Å². The lowest BCUT2D eigenvalue weighted by molar-refractivity contribution is -0.121. The molecule has 0 spiro atoms. The van der Waals surface area contributed by atoms with Gasteiger partial charge in [0.25, 0.3) is 5.91 Å². The molecule has 1 saturated heterocycles. The molecule has 0 bridgehead atoms. The van der Waals surface area contributed by atoms with E-state index in [0.29, 0.717) is 15.8 Å². The zero-order chi connectivity index (χ0) is 19.0. The molecule has 26 heavy (non-hydrogen) atoms. The number of hydrogen-bond donors (Lipinski definition) is 0. The maximum absolute atomic E-state index is 12.6. The topological polar surface area (TPSA) is 25.2 Å². The molecule has 1 aromatic heterocycles. The minimum absolute atomic E-state index is 0.0447. The smallest absolute Gasteiger partial charge is 0.266 e. The number of aryl methyl sites for hydroxylation is 3. The molecule has 0 atom stereocenters. The van der Waals surface area contributed by atoms with E-state index in [1.54, 1.807) is 11.0 Å². The van der Waals surface area contributed by atoms with E-state index in [1.165, 1.54) is 28.6 Å². The quantitative estimate of drug-likeness (QED) is 0.418. The summed E-state index contributed by atoms with van der Waals surface area (Å²) in [7, 11) is 0. The van der Waals surface area contributed by atoms with E-state index in [2.05, 4.69) is 63.1 Å². The molecule has 3 nitrogen and oxygen atoms in total. The molecule has 0 unspecified atom stereocenters. The van der Waals surface area contributed by atoms with Crippen LogP contribution in [-0.4, -0.2) is 26.2 Å².